The van der Waals surface area contributed by atoms with Gasteiger partial charge in [-0.25, -0.2) is 14.6 Å². The van der Waals surface area contributed by atoms with Crippen molar-refractivity contribution in [1.29, 1.82) is 0 Å². The second kappa shape index (κ2) is 9.55. The number of nitrogens with zero attached hydrogens (tertiary/aromatic N) is 6. The van der Waals surface area contributed by atoms with Crippen LogP contribution in [0.3, 0.4) is 0 Å². The first-order valence-corrected chi connectivity index (χ1v) is 11.3. The van der Waals surface area contributed by atoms with E-state index in [-0.39, 0.29) is 5.91 Å². The highest BCUT2D eigenvalue weighted by Gasteiger charge is 2.17. The number of methoxy groups -OCH3 is 1. The topological polar surface area (TPSA) is 99.8 Å². The molecule has 1 N–H and O–H groups in total. The number of fused-ring (bicyclic) bond motifs is 1. The van der Waals surface area contributed by atoms with Gasteiger partial charge >= 0.3 is 0 Å². The third kappa shape index (κ3) is 4.71. The molecule has 2 aromatic carbocycles. The summed E-state index contributed by atoms with van der Waals surface area (Å²) in [6.45, 7) is 1.86. The largest absolute Gasteiger partial charge is 0.497 e. The zero-order valence-electron chi connectivity index (χ0n) is 19.1. The fraction of sp³-hybridized carbons (Fsp3) is 0.160. The molecule has 0 aliphatic heterocycles. The van der Waals surface area contributed by atoms with Gasteiger partial charge in [-0.15, -0.1) is 0 Å². The van der Waals surface area contributed by atoms with Gasteiger partial charge in [0.15, 0.2) is 11.5 Å². The van der Waals surface area contributed by atoms with Gasteiger partial charge in [-0.05, 0) is 55.3 Å². The van der Waals surface area contributed by atoms with Gasteiger partial charge in [-0.2, -0.15) is 14.9 Å². The summed E-state index contributed by atoms with van der Waals surface area (Å²) in [5.41, 5.74) is 3.23. The Morgan fingerprint density at radius 3 is 2.57 bits per heavy atom. The Hall–Kier alpha value is -4.24. The molecule has 9 nitrogen and oxygen atoms in total. The summed E-state index contributed by atoms with van der Waals surface area (Å²) >= 11 is 6.02. The number of amides is 1. The highest BCUT2D eigenvalue weighted by atomic mass is 35.5. The number of aromatic nitrogens is 6. The molecule has 0 spiro atoms. The van der Waals surface area contributed by atoms with Gasteiger partial charge in [0.25, 0.3) is 0 Å². The lowest BCUT2D eigenvalue weighted by Crippen LogP contribution is -2.16. The molecule has 5 rings (SSSR count). The minimum absolute atomic E-state index is 0.121. The summed E-state index contributed by atoms with van der Waals surface area (Å²) in [5, 5.41) is 13.3. The zero-order valence-corrected chi connectivity index (χ0v) is 19.9. The number of hydrogen-bond acceptors (Lipinski definition) is 6. The van der Waals surface area contributed by atoms with E-state index in [1.165, 1.54) is 6.33 Å². The van der Waals surface area contributed by atoms with Crippen LogP contribution in [0.4, 0.5) is 5.82 Å². The predicted octanol–water partition coefficient (Wildman–Crippen LogP) is 4.54. The van der Waals surface area contributed by atoms with Crippen LogP contribution < -0.4 is 10.1 Å². The molecule has 0 unspecified atom stereocenters. The van der Waals surface area contributed by atoms with Crippen LogP contribution in [-0.4, -0.2) is 42.5 Å². The van der Waals surface area contributed by atoms with E-state index in [1.54, 1.807) is 34.8 Å². The van der Waals surface area contributed by atoms with Crippen molar-refractivity contribution in [3.05, 3.63) is 83.4 Å². The quantitative estimate of drug-likeness (QED) is 0.361. The number of halogens is 1. The maximum Gasteiger partial charge on any atom is 0.225 e. The molecule has 35 heavy (non-hydrogen) atoms. The molecule has 0 fully saturated rings. The van der Waals surface area contributed by atoms with Crippen LogP contribution in [0.15, 0.2) is 67.1 Å². The molecular formula is C25H22ClN7O2. The standard InChI is InChI=1S/C25H22ClN7O2/c1-16-13-22(30-23(34)12-5-17-3-10-20(35-2)11-4-17)33(31-16)25-21-14-29-32(24(21)27-15-28-25)19-8-6-18(26)7-9-19/h3-4,6-11,13-15H,5,12H2,1-2H3,(H,30,34). The molecule has 0 aliphatic rings. The molecule has 0 aliphatic carbocycles. The van der Waals surface area contributed by atoms with Gasteiger partial charge in [0, 0.05) is 17.5 Å². The Kier molecular flexibility index (Phi) is 6.15. The van der Waals surface area contributed by atoms with Gasteiger partial charge in [0.05, 0.1) is 30.1 Å². The molecule has 5 aromatic rings. The number of nitrogens with one attached hydrogen (secondary N) is 1. The van der Waals surface area contributed by atoms with E-state index >= 15 is 0 Å². The van der Waals surface area contributed by atoms with E-state index in [2.05, 4.69) is 25.5 Å². The van der Waals surface area contributed by atoms with Crippen molar-refractivity contribution in [2.75, 3.05) is 12.4 Å². The lowest BCUT2D eigenvalue weighted by molar-refractivity contribution is -0.116. The first-order chi connectivity index (χ1) is 17.0. The first-order valence-electron chi connectivity index (χ1n) is 11.0. The van der Waals surface area contributed by atoms with Crippen LogP contribution in [0.5, 0.6) is 5.75 Å². The molecule has 3 heterocycles. The Morgan fingerprint density at radius 2 is 1.83 bits per heavy atom. The van der Waals surface area contributed by atoms with Crippen molar-refractivity contribution >= 4 is 34.4 Å². The molecule has 1 amide bonds. The lowest BCUT2D eigenvalue weighted by atomic mass is 10.1. The number of anilines is 1. The van der Waals surface area contributed by atoms with E-state index in [0.717, 1.165) is 22.7 Å². The Balaban J connectivity index is 1.40. The first kappa shape index (κ1) is 22.5. The fourth-order valence-corrected chi connectivity index (χ4v) is 3.90. The van der Waals surface area contributed by atoms with Crippen molar-refractivity contribution in [3.8, 4) is 17.3 Å². The number of benzene rings is 2. The van der Waals surface area contributed by atoms with E-state index in [1.807, 2.05) is 49.4 Å². The van der Waals surface area contributed by atoms with Gasteiger partial charge in [-0.1, -0.05) is 23.7 Å². The van der Waals surface area contributed by atoms with E-state index < -0.39 is 0 Å². The van der Waals surface area contributed by atoms with Crippen molar-refractivity contribution < 1.29 is 9.53 Å². The number of carbonyl (C=O) groups excluding carboxylic acids is 1. The summed E-state index contributed by atoms with van der Waals surface area (Å²) in [4.78, 5) is 21.6. The summed E-state index contributed by atoms with van der Waals surface area (Å²) in [6, 6.07) is 16.8. The third-order valence-corrected chi connectivity index (χ3v) is 5.77. The second-order valence-electron chi connectivity index (χ2n) is 7.95. The van der Waals surface area contributed by atoms with Gasteiger partial charge in [-0.3, -0.25) is 4.79 Å². The minimum Gasteiger partial charge on any atom is -0.497 e. The smallest absolute Gasteiger partial charge is 0.225 e. The molecule has 0 saturated carbocycles. The maximum absolute atomic E-state index is 12.7. The Labute approximate surface area is 206 Å². The van der Waals surface area contributed by atoms with Crippen molar-refractivity contribution in [2.45, 2.75) is 19.8 Å². The molecule has 0 bridgehead atoms. The average Bonchev–Trinajstić information content (AvgIpc) is 3.46. The molecule has 10 heteroatoms. The summed E-state index contributed by atoms with van der Waals surface area (Å²) in [6.07, 6.45) is 4.07. The highest BCUT2D eigenvalue weighted by Crippen LogP contribution is 2.25. The molecule has 0 radical (unpaired) electrons. The van der Waals surface area contributed by atoms with E-state index in [9.17, 15) is 4.79 Å². The molecule has 3 aromatic heterocycles. The summed E-state index contributed by atoms with van der Waals surface area (Å²) in [7, 11) is 1.63. The molecular weight excluding hydrogens is 466 g/mol. The van der Waals surface area contributed by atoms with Crippen LogP contribution >= 0.6 is 11.6 Å². The molecule has 176 valence electrons. The van der Waals surface area contributed by atoms with Crippen LogP contribution in [-0.2, 0) is 11.2 Å². The SMILES string of the molecule is COc1ccc(CCC(=O)Nc2cc(C)nn2-c2ncnc3c2cnn3-c2ccc(Cl)cc2)cc1. The van der Waals surface area contributed by atoms with Gasteiger partial charge in [0.2, 0.25) is 5.91 Å². The number of rotatable bonds is 7. The normalized spacial score (nSPS) is 11.1. The van der Waals surface area contributed by atoms with Crippen LogP contribution in [0.1, 0.15) is 17.7 Å². The predicted molar refractivity (Wildman–Crippen MR) is 133 cm³/mol. The van der Waals surface area contributed by atoms with E-state index in [4.69, 9.17) is 16.3 Å². The lowest BCUT2D eigenvalue weighted by Gasteiger charge is -2.09. The summed E-state index contributed by atoms with van der Waals surface area (Å²) < 4.78 is 8.50. The summed E-state index contributed by atoms with van der Waals surface area (Å²) in [5.74, 6) is 1.72. The fourth-order valence-electron chi connectivity index (χ4n) is 3.78. The van der Waals surface area contributed by atoms with Gasteiger partial charge in [0.1, 0.15) is 17.9 Å². The van der Waals surface area contributed by atoms with Crippen molar-refractivity contribution in [3.63, 3.8) is 0 Å². The van der Waals surface area contributed by atoms with E-state index in [0.29, 0.717) is 40.5 Å². The van der Waals surface area contributed by atoms with Crippen molar-refractivity contribution in [1.82, 2.24) is 29.5 Å². The van der Waals surface area contributed by atoms with Crippen molar-refractivity contribution in [2.24, 2.45) is 0 Å². The second-order valence-corrected chi connectivity index (χ2v) is 8.38. The van der Waals surface area contributed by atoms with Crippen LogP contribution in [0, 0.1) is 6.92 Å². The average molecular weight is 488 g/mol. The number of hydrogen-bond donors (Lipinski definition) is 1. The van der Waals surface area contributed by atoms with Crippen LogP contribution in [0.2, 0.25) is 5.02 Å². The molecule has 0 saturated heterocycles. The molecule has 0 atom stereocenters. The number of carbonyl (C=O) groups is 1. The monoisotopic (exact) mass is 487 g/mol. The van der Waals surface area contributed by atoms with Gasteiger partial charge < -0.3 is 10.1 Å². The zero-order chi connectivity index (χ0) is 24.4. The number of aryl methyl sites for hydroxylation is 2. The number of ether oxygens (including phenoxy) is 1. The third-order valence-electron chi connectivity index (χ3n) is 5.52. The minimum atomic E-state index is -0.121. The maximum atomic E-state index is 12.7. The highest BCUT2D eigenvalue weighted by molar-refractivity contribution is 6.30. The van der Waals surface area contributed by atoms with Crippen LogP contribution in [0.25, 0.3) is 22.5 Å². The Bertz CT molecular complexity index is 1490. The Morgan fingerprint density at radius 1 is 1.06 bits per heavy atom.